The second kappa shape index (κ2) is 2.98. The summed E-state index contributed by atoms with van der Waals surface area (Å²) >= 11 is 0. The first kappa shape index (κ1) is 10.9. The minimum atomic E-state index is -0.130. The minimum absolute atomic E-state index is 0.107. The van der Waals surface area contributed by atoms with E-state index < -0.39 is 0 Å². The first-order valence-corrected chi connectivity index (χ1v) is 5.81. The molecule has 84 valence electrons. The van der Waals surface area contributed by atoms with Crippen molar-refractivity contribution in [1.82, 2.24) is 0 Å². The average molecular weight is 206 g/mol. The zero-order valence-electron chi connectivity index (χ0n) is 10.6. The minimum Gasteiger partial charge on any atom is -0.357 e. The maximum atomic E-state index is 6.20. The van der Waals surface area contributed by atoms with Gasteiger partial charge in [0.1, 0.15) is 5.60 Å². The quantitative estimate of drug-likeness (QED) is 0.547. The Morgan fingerprint density at radius 2 is 1.80 bits per heavy atom. The molecule has 0 saturated carbocycles. The maximum absolute atomic E-state index is 6.20. The molecule has 1 aliphatic carbocycles. The molecule has 1 heteroatoms. The van der Waals surface area contributed by atoms with Crippen molar-refractivity contribution in [2.75, 3.05) is 0 Å². The predicted octanol–water partition coefficient (Wildman–Crippen LogP) is 3.86. The molecular weight excluding hydrogens is 184 g/mol. The van der Waals surface area contributed by atoms with Gasteiger partial charge >= 0.3 is 0 Å². The fourth-order valence-electron chi connectivity index (χ4n) is 3.16. The van der Waals surface area contributed by atoms with E-state index in [0.717, 1.165) is 6.42 Å². The van der Waals surface area contributed by atoms with Crippen LogP contribution in [0.3, 0.4) is 0 Å². The second-order valence-corrected chi connectivity index (χ2v) is 6.50. The Bertz CT molecular complexity index is 333. The SMILES string of the molecule is CC1=C[C@@]2(C=CC(C)(C)O2)CC(C)(C)C1. The van der Waals surface area contributed by atoms with Crippen molar-refractivity contribution in [3.05, 3.63) is 23.8 Å². The van der Waals surface area contributed by atoms with Crippen LogP contribution in [0.1, 0.15) is 47.5 Å². The van der Waals surface area contributed by atoms with Crippen molar-refractivity contribution >= 4 is 0 Å². The van der Waals surface area contributed by atoms with E-state index in [4.69, 9.17) is 4.74 Å². The van der Waals surface area contributed by atoms with E-state index in [2.05, 4.69) is 52.8 Å². The van der Waals surface area contributed by atoms with Crippen LogP contribution < -0.4 is 0 Å². The molecule has 2 rings (SSSR count). The van der Waals surface area contributed by atoms with Gasteiger partial charge in [-0.2, -0.15) is 0 Å². The van der Waals surface area contributed by atoms with E-state index in [0.29, 0.717) is 5.41 Å². The van der Waals surface area contributed by atoms with E-state index in [1.165, 1.54) is 12.0 Å². The summed E-state index contributed by atoms with van der Waals surface area (Å²) in [5.74, 6) is 0. The van der Waals surface area contributed by atoms with Crippen LogP contribution >= 0.6 is 0 Å². The van der Waals surface area contributed by atoms with Crippen LogP contribution in [0.15, 0.2) is 23.8 Å². The van der Waals surface area contributed by atoms with Crippen LogP contribution in [0.2, 0.25) is 0 Å². The molecule has 0 bridgehead atoms. The molecule has 0 aromatic heterocycles. The van der Waals surface area contributed by atoms with Gasteiger partial charge in [-0.25, -0.2) is 0 Å². The fourth-order valence-corrected chi connectivity index (χ4v) is 3.16. The highest BCUT2D eigenvalue weighted by atomic mass is 16.5. The molecule has 1 atom stereocenters. The third kappa shape index (κ3) is 2.17. The van der Waals surface area contributed by atoms with E-state index in [1.807, 2.05) is 0 Å². The number of hydrogen-bond acceptors (Lipinski definition) is 1. The normalized spacial score (nSPS) is 37.0. The first-order chi connectivity index (χ1) is 6.72. The highest BCUT2D eigenvalue weighted by molar-refractivity contribution is 5.29. The summed E-state index contributed by atoms with van der Waals surface area (Å²) in [5, 5.41) is 0. The molecule has 0 unspecified atom stereocenters. The van der Waals surface area contributed by atoms with Crippen molar-refractivity contribution in [3.63, 3.8) is 0 Å². The van der Waals surface area contributed by atoms with Gasteiger partial charge in [-0.3, -0.25) is 0 Å². The van der Waals surface area contributed by atoms with Crippen LogP contribution in [-0.4, -0.2) is 11.2 Å². The molecule has 0 aromatic rings. The van der Waals surface area contributed by atoms with Gasteiger partial charge in [0, 0.05) is 0 Å². The van der Waals surface area contributed by atoms with Gasteiger partial charge in [0.05, 0.1) is 5.60 Å². The van der Waals surface area contributed by atoms with Crippen LogP contribution in [0.4, 0.5) is 0 Å². The highest BCUT2D eigenvalue weighted by Crippen LogP contribution is 2.46. The lowest BCUT2D eigenvalue weighted by atomic mass is 9.71. The molecule has 1 aliphatic heterocycles. The number of rotatable bonds is 0. The zero-order chi connectivity index (χ0) is 11.3. The Labute approximate surface area is 93.2 Å². The van der Waals surface area contributed by atoms with Crippen molar-refractivity contribution in [2.24, 2.45) is 5.41 Å². The molecule has 0 fully saturated rings. The molecule has 1 spiro atoms. The summed E-state index contributed by atoms with van der Waals surface area (Å²) in [4.78, 5) is 0. The molecule has 0 amide bonds. The fraction of sp³-hybridized carbons (Fsp3) is 0.714. The lowest BCUT2D eigenvalue weighted by Gasteiger charge is -2.41. The Hall–Kier alpha value is -0.560. The topological polar surface area (TPSA) is 9.23 Å². The van der Waals surface area contributed by atoms with Crippen LogP contribution in [-0.2, 0) is 4.74 Å². The maximum Gasteiger partial charge on any atom is 0.106 e. The van der Waals surface area contributed by atoms with Gasteiger partial charge in [-0.1, -0.05) is 31.6 Å². The molecule has 2 aliphatic rings. The Morgan fingerprint density at radius 3 is 2.27 bits per heavy atom. The summed E-state index contributed by atoms with van der Waals surface area (Å²) in [6.07, 6.45) is 9.03. The molecule has 1 heterocycles. The average Bonchev–Trinajstić information content (AvgIpc) is 2.20. The van der Waals surface area contributed by atoms with Crippen LogP contribution in [0, 0.1) is 5.41 Å². The van der Waals surface area contributed by atoms with Gasteiger partial charge in [0.15, 0.2) is 0 Å². The third-order valence-electron chi connectivity index (χ3n) is 3.22. The standard InChI is InChI=1S/C14H22O/c1-11-8-12(2,3)10-14(9-11)7-6-13(4,5)15-14/h6-7,9H,8,10H2,1-5H3/t14-/m0/s1. The first-order valence-electron chi connectivity index (χ1n) is 5.81. The number of ether oxygens (including phenoxy) is 1. The van der Waals surface area contributed by atoms with E-state index in [-0.39, 0.29) is 11.2 Å². The van der Waals surface area contributed by atoms with Crippen molar-refractivity contribution < 1.29 is 4.74 Å². The Morgan fingerprint density at radius 1 is 1.13 bits per heavy atom. The summed E-state index contributed by atoms with van der Waals surface area (Å²) in [7, 11) is 0. The largest absolute Gasteiger partial charge is 0.357 e. The summed E-state index contributed by atoms with van der Waals surface area (Å²) < 4.78 is 6.20. The molecule has 0 N–H and O–H groups in total. The Balaban J connectivity index is 2.32. The molecule has 0 aromatic carbocycles. The van der Waals surface area contributed by atoms with Crippen molar-refractivity contribution in [3.8, 4) is 0 Å². The summed E-state index contributed by atoms with van der Waals surface area (Å²) in [6, 6.07) is 0. The van der Waals surface area contributed by atoms with Gasteiger partial charge in [-0.15, -0.1) is 0 Å². The van der Waals surface area contributed by atoms with E-state index in [9.17, 15) is 0 Å². The van der Waals surface area contributed by atoms with Gasteiger partial charge in [0.2, 0.25) is 0 Å². The molecule has 0 radical (unpaired) electrons. The predicted molar refractivity (Wildman–Crippen MR) is 63.8 cm³/mol. The zero-order valence-corrected chi connectivity index (χ0v) is 10.6. The second-order valence-electron chi connectivity index (χ2n) is 6.50. The summed E-state index contributed by atoms with van der Waals surface area (Å²) in [5.41, 5.74) is 1.57. The highest BCUT2D eigenvalue weighted by Gasteiger charge is 2.44. The molecule has 0 saturated heterocycles. The van der Waals surface area contributed by atoms with Gasteiger partial charge in [0.25, 0.3) is 0 Å². The monoisotopic (exact) mass is 206 g/mol. The summed E-state index contributed by atoms with van der Waals surface area (Å²) in [6.45, 7) is 11.1. The van der Waals surface area contributed by atoms with Gasteiger partial charge < -0.3 is 4.74 Å². The smallest absolute Gasteiger partial charge is 0.106 e. The van der Waals surface area contributed by atoms with Crippen molar-refractivity contribution in [2.45, 2.75) is 58.7 Å². The number of hydrogen-bond donors (Lipinski definition) is 0. The molecule has 1 nitrogen and oxygen atoms in total. The molecule has 15 heavy (non-hydrogen) atoms. The lowest BCUT2D eigenvalue weighted by Crippen LogP contribution is -2.39. The van der Waals surface area contributed by atoms with Gasteiger partial charge in [-0.05, 0) is 45.1 Å². The number of allylic oxidation sites excluding steroid dienone is 1. The van der Waals surface area contributed by atoms with Crippen LogP contribution in [0.25, 0.3) is 0 Å². The van der Waals surface area contributed by atoms with E-state index >= 15 is 0 Å². The Kier molecular flexibility index (Phi) is 2.17. The van der Waals surface area contributed by atoms with Crippen LogP contribution in [0.5, 0.6) is 0 Å². The lowest BCUT2D eigenvalue weighted by molar-refractivity contribution is -0.0661. The van der Waals surface area contributed by atoms with E-state index in [1.54, 1.807) is 0 Å². The molecular formula is C14H22O. The third-order valence-corrected chi connectivity index (χ3v) is 3.22. The van der Waals surface area contributed by atoms with Crippen molar-refractivity contribution in [1.29, 1.82) is 0 Å².